The highest BCUT2D eigenvalue weighted by Gasteiger charge is 2.26. The fourth-order valence-electron chi connectivity index (χ4n) is 3.79. The third-order valence-corrected chi connectivity index (χ3v) is 5.05. The summed E-state index contributed by atoms with van der Waals surface area (Å²) in [7, 11) is 0. The summed E-state index contributed by atoms with van der Waals surface area (Å²) in [5, 5.41) is 3.47. The molecule has 1 saturated carbocycles. The number of fused-ring (bicyclic) bond motifs is 1. The summed E-state index contributed by atoms with van der Waals surface area (Å²) < 4.78 is 0. The highest BCUT2D eigenvalue weighted by atomic mass is 15.3. The molecule has 2 aliphatic heterocycles. The van der Waals surface area contributed by atoms with Crippen LogP contribution in [-0.4, -0.2) is 34.6 Å². The molecule has 1 aliphatic carbocycles. The van der Waals surface area contributed by atoms with Crippen LogP contribution < -0.4 is 5.32 Å². The van der Waals surface area contributed by atoms with Crippen molar-refractivity contribution in [2.75, 3.05) is 13.1 Å². The van der Waals surface area contributed by atoms with E-state index in [2.05, 4.69) is 32.5 Å². The SMILES string of the molecule is C1=C(CC2CCCCC2)N=C(NCc2cccnc2)C2=NCCN12. The summed E-state index contributed by atoms with van der Waals surface area (Å²) in [4.78, 5) is 16.0. The molecule has 126 valence electrons. The van der Waals surface area contributed by atoms with Crippen molar-refractivity contribution in [3.63, 3.8) is 0 Å². The summed E-state index contributed by atoms with van der Waals surface area (Å²) in [5.74, 6) is 2.71. The Morgan fingerprint density at radius 1 is 1.21 bits per heavy atom. The Kier molecular flexibility index (Phi) is 4.58. The van der Waals surface area contributed by atoms with Gasteiger partial charge in [-0.05, 0) is 24.0 Å². The third-order valence-electron chi connectivity index (χ3n) is 5.05. The molecule has 1 fully saturated rings. The van der Waals surface area contributed by atoms with Gasteiger partial charge >= 0.3 is 0 Å². The lowest BCUT2D eigenvalue weighted by Crippen LogP contribution is -2.40. The van der Waals surface area contributed by atoms with E-state index < -0.39 is 0 Å². The Bertz CT molecular complexity index is 656. The van der Waals surface area contributed by atoms with Crippen LogP contribution in [0.25, 0.3) is 0 Å². The lowest BCUT2D eigenvalue weighted by molar-refractivity contribution is 0.353. The molecular weight excluding hydrogens is 298 g/mol. The first kappa shape index (κ1) is 15.4. The summed E-state index contributed by atoms with van der Waals surface area (Å²) in [6.07, 6.45) is 13.9. The van der Waals surface area contributed by atoms with Gasteiger partial charge in [0.25, 0.3) is 0 Å². The lowest BCUT2D eigenvalue weighted by atomic mass is 9.86. The van der Waals surface area contributed by atoms with Crippen molar-refractivity contribution in [2.45, 2.75) is 45.1 Å². The number of aliphatic imine (C=N–C) groups is 2. The maximum absolute atomic E-state index is 4.91. The molecule has 1 aromatic rings. The molecule has 0 radical (unpaired) electrons. The largest absolute Gasteiger partial charge is 0.363 e. The van der Waals surface area contributed by atoms with E-state index in [4.69, 9.17) is 4.99 Å². The maximum Gasteiger partial charge on any atom is 0.171 e. The highest BCUT2D eigenvalue weighted by molar-refractivity contribution is 6.41. The van der Waals surface area contributed by atoms with Gasteiger partial charge in [0, 0.05) is 31.7 Å². The minimum absolute atomic E-state index is 0.732. The molecule has 0 spiro atoms. The molecular formula is C19H25N5. The second-order valence-electron chi connectivity index (χ2n) is 6.90. The van der Waals surface area contributed by atoms with Gasteiger partial charge in [-0.3, -0.25) is 9.98 Å². The predicted molar refractivity (Wildman–Crippen MR) is 96.8 cm³/mol. The molecule has 0 atom stereocenters. The topological polar surface area (TPSA) is 52.9 Å². The number of hydrogen-bond donors (Lipinski definition) is 1. The van der Waals surface area contributed by atoms with Crippen LogP contribution in [-0.2, 0) is 6.54 Å². The average Bonchev–Trinajstić information content (AvgIpc) is 3.10. The summed E-state index contributed by atoms with van der Waals surface area (Å²) in [5.41, 5.74) is 2.37. The molecule has 3 heterocycles. The highest BCUT2D eigenvalue weighted by Crippen LogP contribution is 2.30. The van der Waals surface area contributed by atoms with Crippen LogP contribution >= 0.6 is 0 Å². The maximum atomic E-state index is 4.91. The van der Waals surface area contributed by atoms with Crippen LogP contribution in [0.4, 0.5) is 0 Å². The Balaban J connectivity index is 1.46. The van der Waals surface area contributed by atoms with Gasteiger partial charge in [0.15, 0.2) is 11.7 Å². The monoisotopic (exact) mass is 323 g/mol. The van der Waals surface area contributed by atoms with Gasteiger partial charge in [-0.25, -0.2) is 4.99 Å². The second kappa shape index (κ2) is 7.16. The van der Waals surface area contributed by atoms with E-state index in [1.807, 2.05) is 12.3 Å². The zero-order valence-electron chi connectivity index (χ0n) is 14.1. The van der Waals surface area contributed by atoms with E-state index in [-0.39, 0.29) is 0 Å². The summed E-state index contributed by atoms with van der Waals surface area (Å²) in [6, 6.07) is 4.05. The Morgan fingerprint density at radius 3 is 2.96 bits per heavy atom. The number of aromatic nitrogens is 1. The number of nitrogens with zero attached hydrogens (tertiary/aromatic N) is 4. The van der Waals surface area contributed by atoms with Crippen molar-refractivity contribution in [3.8, 4) is 0 Å². The van der Waals surface area contributed by atoms with Crippen molar-refractivity contribution in [3.05, 3.63) is 42.0 Å². The molecule has 0 bridgehead atoms. The molecule has 0 unspecified atom stereocenters. The van der Waals surface area contributed by atoms with Crippen LogP contribution in [0, 0.1) is 5.92 Å². The molecule has 3 aliphatic rings. The number of amidine groups is 2. The van der Waals surface area contributed by atoms with Gasteiger partial charge in [-0.1, -0.05) is 38.2 Å². The minimum Gasteiger partial charge on any atom is -0.363 e. The first-order valence-corrected chi connectivity index (χ1v) is 9.12. The standard InChI is InChI=1S/C19H25N5/c1-2-5-15(6-3-1)11-17-14-24-10-9-21-19(24)18(23-17)22-13-16-7-4-8-20-12-16/h4,7-8,12,14-15H,1-3,5-6,9-11,13H2,(H,22,23). The number of allylic oxidation sites excluding steroid dienone is 1. The Morgan fingerprint density at radius 2 is 2.12 bits per heavy atom. The molecule has 5 heteroatoms. The lowest BCUT2D eigenvalue weighted by Gasteiger charge is -2.27. The summed E-state index contributed by atoms with van der Waals surface area (Å²) in [6.45, 7) is 2.56. The van der Waals surface area contributed by atoms with E-state index in [0.29, 0.717) is 0 Å². The van der Waals surface area contributed by atoms with Crippen LogP contribution in [0.2, 0.25) is 0 Å². The fraction of sp³-hybridized carbons (Fsp3) is 0.526. The van der Waals surface area contributed by atoms with E-state index in [1.165, 1.54) is 37.8 Å². The van der Waals surface area contributed by atoms with Crippen LogP contribution in [0.1, 0.15) is 44.1 Å². The Hall–Kier alpha value is -2.17. The molecule has 1 N–H and O–H groups in total. The van der Waals surface area contributed by atoms with Gasteiger partial charge in [0.05, 0.1) is 12.2 Å². The van der Waals surface area contributed by atoms with Gasteiger partial charge in [-0.2, -0.15) is 0 Å². The van der Waals surface area contributed by atoms with E-state index in [1.54, 1.807) is 6.20 Å². The number of nitrogens with one attached hydrogen (secondary N) is 1. The molecule has 24 heavy (non-hydrogen) atoms. The van der Waals surface area contributed by atoms with Crippen LogP contribution in [0.15, 0.2) is 46.4 Å². The third kappa shape index (κ3) is 3.50. The molecule has 0 aromatic carbocycles. The fourth-order valence-corrected chi connectivity index (χ4v) is 3.79. The molecule has 0 amide bonds. The zero-order valence-corrected chi connectivity index (χ0v) is 14.1. The van der Waals surface area contributed by atoms with Crippen molar-refractivity contribution in [1.82, 2.24) is 15.2 Å². The van der Waals surface area contributed by atoms with Crippen molar-refractivity contribution in [2.24, 2.45) is 15.9 Å². The van der Waals surface area contributed by atoms with Crippen LogP contribution in [0.5, 0.6) is 0 Å². The average molecular weight is 323 g/mol. The number of hydrogen-bond acceptors (Lipinski definition) is 5. The van der Waals surface area contributed by atoms with Crippen molar-refractivity contribution in [1.29, 1.82) is 0 Å². The molecule has 1 aromatic heterocycles. The molecule has 0 saturated heterocycles. The first-order chi connectivity index (χ1) is 11.9. The van der Waals surface area contributed by atoms with Gasteiger partial charge < -0.3 is 10.2 Å². The number of pyridine rings is 1. The van der Waals surface area contributed by atoms with Gasteiger partial charge in [-0.15, -0.1) is 0 Å². The summed E-state index contributed by atoms with van der Waals surface area (Å²) >= 11 is 0. The van der Waals surface area contributed by atoms with E-state index >= 15 is 0 Å². The quantitative estimate of drug-likeness (QED) is 0.926. The van der Waals surface area contributed by atoms with E-state index in [9.17, 15) is 0 Å². The number of rotatable bonds is 4. The van der Waals surface area contributed by atoms with Gasteiger partial charge in [0.2, 0.25) is 0 Å². The van der Waals surface area contributed by atoms with E-state index in [0.717, 1.165) is 49.2 Å². The normalized spacial score (nSPS) is 21.0. The van der Waals surface area contributed by atoms with Gasteiger partial charge in [0.1, 0.15) is 0 Å². The Labute approximate surface area is 143 Å². The van der Waals surface area contributed by atoms with Crippen molar-refractivity contribution >= 4 is 11.7 Å². The zero-order chi connectivity index (χ0) is 16.2. The minimum atomic E-state index is 0.732. The molecule has 4 rings (SSSR count). The predicted octanol–water partition coefficient (Wildman–Crippen LogP) is 3.11. The van der Waals surface area contributed by atoms with Crippen LogP contribution in [0.3, 0.4) is 0 Å². The first-order valence-electron chi connectivity index (χ1n) is 9.12. The second-order valence-corrected chi connectivity index (χ2v) is 6.90. The molecule has 5 nitrogen and oxygen atoms in total. The van der Waals surface area contributed by atoms with Crippen molar-refractivity contribution < 1.29 is 0 Å². The smallest absolute Gasteiger partial charge is 0.171 e.